The lowest BCUT2D eigenvalue weighted by molar-refractivity contribution is -0.171. The lowest BCUT2D eigenvalue weighted by Crippen LogP contribution is -2.39. The Morgan fingerprint density at radius 2 is 1.15 bits per heavy atom. The third kappa shape index (κ3) is 5.59. The van der Waals surface area contributed by atoms with Crippen molar-refractivity contribution in [2.75, 3.05) is 19.8 Å². The summed E-state index contributed by atoms with van der Waals surface area (Å²) in [7, 11) is 0. The zero-order chi connectivity index (χ0) is 15.5. The number of carbonyl (C=O) groups excluding carboxylic acids is 3. The Morgan fingerprint density at radius 1 is 0.750 bits per heavy atom. The maximum atomic E-state index is 12.0. The molecule has 0 amide bonds. The fourth-order valence-electron chi connectivity index (χ4n) is 1.87. The zero-order valence-electron chi connectivity index (χ0n) is 12.6. The van der Waals surface area contributed by atoms with E-state index in [1.165, 1.54) is 0 Å². The van der Waals surface area contributed by atoms with Gasteiger partial charge in [0.15, 0.2) is 5.92 Å². The van der Waals surface area contributed by atoms with Crippen LogP contribution in [0.3, 0.4) is 0 Å². The van der Waals surface area contributed by atoms with E-state index in [0.717, 1.165) is 0 Å². The highest BCUT2D eigenvalue weighted by molar-refractivity contribution is 5.99. The molecule has 0 fully saturated rings. The molecule has 0 aliphatic carbocycles. The molecule has 0 rings (SSSR count). The van der Waals surface area contributed by atoms with Gasteiger partial charge in [-0.2, -0.15) is 0 Å². The fraction of sp³-hybridized carbons (Fsp3) is 0.786. The Morgan fingerprint density at radius 3 is 1.50 bits per heavy atom. The maximum Gasteiger partial charge on any atom is 0.321 e. The van der Waals surface area contributed by atoms with Crippen LogP contribution in [0.5, 0.6) is 0 Å². The smallest absolute Gasteiger partial charge is 0.321 e. The van der Waals surface area contributed by atoms with Crippen LogP contribution < -0.4 is 0 Å². The molecule has 0 spiro atoms. The fourth-order valence-corrected chi connectivity index (χ4v) is 1.87. The first kappa shape index (κ1) is 18.4. The molecular weight excluding hydrogens is 264 g/mol. The second-order valence-electron chi connectivity index (χ2n) is 4.13. The minimum absolute atomic E-state index is 0.135. The number of ether oxygens (including phenoxy) is 3. The molecule has 0 aliphatic rings. The Kier molecular flexibility index (Phi) is 9.41. The average molecular weight is 288 g/mol. The van der Waals surface area contributed by atoms with Crippen molar-refractivity contribution in [2.45, 2.75) is 40.5 Å². The van der Waals surface area contributed by atoms with E-state index < -0.39 is 29.7 Å². The summed E-state index contributed by atoms with van der Waals surface area (Å²) < 4.78 is 14.7. The molecule has 1 unspecified atom stereocenters. The molecule has 0 bridgehead atoms. The van der Waals surface area contributed by atoms with Crippen LogP contribution in [0.1, 0.15) is 40.5 Å². The molecule has 0 radical (unpaired) electrons. The van der Waals surface area contributed by atoms with E-state index in [2.05, 4.69) is 0 Å². The van der Waals surface area contributed by atoms with Gasteiger partial charge in [-0.1, -0.05) is 13.3 Å². The topological polar surface area (TPSA) is 78.9 Å². The van der Waals surface area contributed by atoms with E-state index in [-0.39, 0.29) is 19.8 Å². The van der Waals surface area contributed by atoms with Gasteiger partial charge in [-0.3, -0.25) is 14.4 Å². The number of hydrogen-bond donors (Lipinski definition) is 0. The van der Waals surface area contributed by atoms with Crippen LogP contribution in [-0.2, 0) is 28.6 Å². The normalized spacial score (nSPS) is 11.8. The van der Waals surface area contributed by atoms with Gasteiger partial charge in [0.05, 0.1) is 25.7 Å². The van der Waals surface area contributed by atoms with Crippen LogP contribution >= 0.6 is 0 Å². The summed E-state index contributed by atoms with van der Waals surface area (Å²) in [6.45, 7) is 7.27. The lowest BCUT2D eigenvalue weighted by atomic mass is 9.88. The Hall–Kier alpha value is -1.59. The Bertz CT molecular complexity index is 308. The van der Waals surface area contributed by atoms with Crippen molar-refractivity contribution in [1.29, 1.82) is 0 Å². The van der Waals surface area contributed by atoms with Crippen LogP contribution in [-0.4, -0.2) is 37.7 Å². The van der Waals surface area contributed by atoms with E-state index in [9.17, 15) is 14.4 Å². The quantitative estimate of drug-likeness (QED) is 0.365. The van der Waals surface area contributed by atoms with Crippen LogP contribution in [0, 0.1) is 11.8 Å². The summed E-state index contributed by atoms with van der Waals surface area (Å²) in [4.78, 5) is 35.9. The van der Waals surface area contributed by atoms with Crippen molar-refractivity contribution >= 4 is 17.9 Å². The molecule has 0 saturated carbocycles. The predicted molar refractivity (Wildman–Crippen MR) is 71.8 cm³/mol. The van der Waals surface area contributed by atoms with Crippen LogP contribution in [0.2, 0.25) is 0 Å². The summed E-state index contributed by atoms with van der Waals surface area (Å²) >= 11 is 0. The first-order chi connectivity index (χ1) is 9.53. The first-order valence-electron chi connectivity index (χ1n) is 7.03. The summed E-state index contributed by atoms with van der Waals surface area (Å²) in [6.07, 6.45) is 1.000. The second kappa shape index (κ2) is 10.2. The van der Waals surface area contributed by atoms with Crippen molar-refractivity contribution in [1.82, 2.24) is 0 Å². The van der Waals surface area contributed by atoms with Gasteiger partial charge in [0.1, 0.15) is 0 Å². The minimum Gasteiger partial charge on any atom is -0.466 e. The number of hydrogen-bond acceptors (Lipinski definition) is 6. The van der Waals surface area contributed by atoms with Gasteiger partial charge >= 0.3 is 17.9 Å². The molecule has 6 heteroatoms. The van der Waals surface area contributed by atoms with Gasteiger partial charge in [0.25, 0.3) is 0 Å². The molecule has 0 aromatic rings. The molecule has 0 saturated heterocycles. The molecule has 20 heavy (non-hydrogen) atoms. The highest BCUT2D eigenvalue weighted by atomic mass is 16.6. The van der Waals surface area contributed by atoms with Gasteiger partial charge in [0, 0.05) is 0 Å². The molecule has 116 valence electrons. The monoisotopic (exact) mass is 288 g/mol. The number of esters is 3. The van der Waals surface area contributed by atoms with Gasteiger partial charge in [0.2, 0.25) is 0 Å². The van der Waals surface area contributed by atoms with Gasteiger partial charge in [-0.15, -0.1) is 0 Å². The molecule has 6 nitrogen and oxygen atoms in total. The highest BCUT2D eigenvalue weighted by Crippen LogP contribution is 2.23. The van der Waals surface area contributed by atoms with E-state index in [0.29, 0.717) is 12.8 Å². The van der Waals surface area contributed by atoms with Gasteiger partial charge in [-0.05, 0) is 27.2 Å². The molecule has 1 atom stereocenters. The largest absolute Gasteiger partial charge is 0.466 e. The first-order valence-corrected chi connectivity index (χ1v) is 7.03. The molecule has 0 aliphatic heterocycles. The zero-order valence-corrected chi connectivity index (χ0v) is 12.6. The number of rotatable bonds is 9. The summed E-state index contributed by atoms with van der Waals surface area (Å²) in [5.74, 6) is -4.16. The van der Waals surface area contributed by atoms with E-state index >= 15 is 0 Å². The van der Waals surface area contributed by atoms with Crippen LogP contribution in [0.15, 0.2) is 0 Å². The minimum atomic E-state index is -1.26. The van der Waals surface area contributed by atoms with Crippen molar-refractivity contribution in [3.63, 3.8) is 0 Å². The van der Waals surface area contributed by atoms with Crippen LogP contribution in [0.25, 0.3) is 0 Å². The molecular formula is C14H24O6. The maximum absolute atomic E-state index is 12.0. The standard InChI is InChI=1S/C14H24O6/c1-5-9-10(12(15)18-6-2)11(13(16)19-7-3)14(17)20-8-4/h10-11H,5-9H2,1-4H3. The molecule has 0 N–H and O–H groups in total. The predicted octanol–water partition coefficient (Wildman–Crippen LogP) is 1.71. The molecule has 0 aromatic carbocycles. The number of carbonyl (C=O) groups is 3. The highest BCUT2D eigenvalue weighted by Gasteiger charge is 2.41. The Balaban J connectivity index is 5.22. The summed E-state index contributed by atoms with van der Waals surface area (Å²) in [5, 5.41) is 0. The Labute approximate surface area is 119 Å². The summed E-state index contributed by atoms with van der Waals surface area (Å²) in [5.41, 5.74) is 0. The van der Waals surface area contributed by atoms with Crippen molar-refractivity contribution in [2.24, 2.45) is 11.8 Å². The van der Waals surface area contributed by atoms with E-state index in [1.807, 2.05) is 6.92 Å². The molecule has 0 heterocycles. The van der Waals surface area contributed by atoms with Crippen molar-refractivity contribution in [3.8, 4) is 0 Å². The van der Waals surface area contributed by atoms with Crippen LogP contribution in [0.4, 0.5) is 0 Å². The third-order valence-electron chi connectivity index (χ3n) is 2.67. The SMILES string of the molecule is CCCC(C(=O)OCC)C(C(=O)OCC)C(=O)OCC. The van der Waals surface area contributed by atoms with Gasteiger partial charge in [-0.25, -0.2) is 0 Å². The van der Waals surface area contributed by atoms with Gasteiger partial charge < -0.3 is 14.2 Å². The third-order valence-corrected chi connectivity index (χ3v) is 2.67. The average Bonchev–Trinajstić information content (AvgIpc) is 2.39. The summed E-state index contributed by atoms with van der Waals surface area (Å²) in [6, 6.07) is 0. The van der Waals surface area contributed by atoms with E-state index in [1.54, 1.807) is 20.8 Å². The van der Waals surface area contributed by atoms with E-state index in [4.69, 9.17) is 14.2 Å². The van der Waals surface area contributed by atoms with Crippen molar-refractivity contribution in [3.05, 3.63) is 0 Å². The second-order valence-corrected chi connectivity index (χ2v) is 4.13. The molecule has 0 aromatic heterocycles. The van der Waals surface area contributed by atoms with Crippen molar-refractivity contribution < 1.29 is 28.6 Å². The lowest BCUT2D eigenvalue weighted by Gasteiger charge is -2.22.